The molecule has 406 valence electrons. The Morgan fingerprint density at radius 3 is 1.25 bits per heavy atom. The number of unbranched alkanes of at least 4 members (excludes halogenated alkanes) is 37. The number of amides is 1. The molecule has 0 bridgehead atoms. The van der Waals surface area contributed by atoms with Crippen molar-refractivity contribution < 1.29 is 39.8 Å². The maximum atomic E-state index is 13.1. The van der Waals surface area contributed by atoms with Crippen LogP contribution < -0.4 is 5.32 Å². The number of carbonyl (C=O) groups excluding carboxylic acids is 1. The van der Waals surface area contributed by atoms with Gasteiger partial charge in [0.05, 0.1) is 25.4 Å². The van der Waals surface area contributed by atoms with Gasteiger partial charge in [-0.15, -0.1) is 0 Å². The number of hydrogen-bond acceptors (Lipinski definition) is 8. The molecule has 0 aromatic heterocycles. The van der Waals surface area contributed by atoms with Crippen LogP contribution in [0.4, 0.5) is 0 Å². The third-order valence-electron chi connectivity index (χ3n) is 14.2. The summed E-state index contributed by atoms with van der Waals surface area (Å²) in [5.74, 6) is -0.173. The molecule has 1 rings (SSSR count). The molecule has 7 atom stereocenters. The Bertz CT molecular complexity index is 1180. The van der Waals surface area contributed by atoms with Crippen LogP contribution in [0.25, 0.3) is 0 Å². The highest BCUT2D eigenvalue weighted by Crippen LogP contribution is 2.23. The molecular formula is C60H113NO8. The van der Waals surface area contributed by atoms with Crippen LogP contribution >= 0.6 is 0 Å². The van der Waals surface area contributed by atoms with Gasteiger partial charge in [-0.3, -0.25) is 4.79 Å². The smallest absolute Gasteiger partial charge is 0.220 e. The first-order valence-electron chi connectivity index (χ1n) is 29.7. The molecule has 1 amide bonds. The van der Waals surface area contributed by atoms with E-state index in [1.54, 1.807) is 6.08 Å². The summed E-state index contributed by atoms with van der Waals surface area (Å²) in [6.45, 7) is 3.80. The molecule has 1 aliphatic rings. The van der Waals surface area contributed by atoms with Crippen LogP contribution in [0.3, 0.4) is 0 Å². The molecule has 0 spiro atoms. The molecule has 6 N–H and O–H groups in total. The Balaban J connectivity index is 2.20. The van der Waals surface area contributed by atoms with E-state index in [-0.39, 0.29) is 12.5 Å². The average Bonchev–Trinajstić information content (AvgIpc) is 3.35. The molecule has 1 heterocycles. The van der Waals surface area contributed by atoms with E-state index in [4.69, 9.17) is 9.47 Å². The van der Waals surface area contributed by atoms with Crippen molar-refractivity contribution in [3.05, 3.63) is 36.5 Å². The van der Waals surface area contributed by atoms with E-state index in [1.165, 1.54) is 218 Å². The van der Waals surface area contributed by atoms with Crippen LogP contribution in [-0.4, -0.2) is 87.5 Å². The molecule has 9 nitrogen and oxygen atoms in total. The molecule has 7 unspecified atom stereocenters. The first-order chi connectivity index (χ1) is 33.8. The Labute approximate surface area is 425 Å². The molecule has 0 saturated carbocycles. The van der Waals surface area contributed by atoms with Gasteiger partial charge in [0.15, 0.2) is 6.29 Å². The fraction of sp³-hybridized carbons (Fsp3) is 0.883. The Morgan fingerprint density at radius 2 is 0.855 bits per heavy atom. The van der Waals surface area contributed by atoms with Gasteiger partial charge in [-0.2, -0.15) is 0 Å². The van der Waals surface area contributed by atoms with Gasteiger partial charge in [0, 0.05) is 6.42 Å². The van der Waals surface area contributed by atoms with Crippen molar-refractivity contribution in [2.75, 3.05) is 13.2 Å². The highest BCUT2D eigenvalue weighted by Gasteiger charge is 2.44. The summed E-state index contributed by atoms with van der Waals surface area (Å²) in [6.07, 6.45) is 57.8. The van der Waals surface area contributed by atoms with Gasteiger partial charge >= 0.3 is 0 Å². The second kappa shape index (κ2) is 50.0. The molecule has 0 aromatic carbocycles. The number of nitrogens with one attached hydrogen (secondary N) is 1. The Hall–Kier alpha value is -1.59. The lowest BCUT2D eigenvalue weighted by Gasteiger charge is -2.40. The molecular weight excluding hydrogens is 863 g/mol. The van der Waals surface area contributed by atoms with E-state index in [0.717, 1.165) is 44.9 Å². The number of allylic oxidation sites excluding steroid dienone is 5. The van der Waals surface area contributed by atoms with Gasteiger partial charge in [0.1, 0.15) is 24.4 Å². The number of rotatable bonds is 51. The number of aliphatic hydroxyl groups is 5. The van der Waals surface area contributed by atoms with E-state index >= 15 is 0 Å². The van der Waals surface area contributed by atoms with Crippen molar-refractivity contribution >= 4 is 5.91 Å². The van der Waals surface area contributed by atoms with Crippen LogP contribution in [0.15, 0.2) is 36.5 Å². The zero-order valence-electron chi connectivity index (χ0n) is 45.1. The Kier molecular flexibility index (Phi) is 47.4. The van der Waals surface area contributed by atoms with E-state index in [0.29, 0.717) is 6.42 Å². The number of hydrogen-bond donors (Lipinski definition) is 6. The first-order valence-corrected chi connectivity index (χ1v) is 29.7. The normalized spacial score (nSPS) is 19.7. The third kappa shape index (κ3) is 39.6. The minimum atomic E-state index is -1.57. The summed E-state index contributed by atoms with van der Waals surface area (Å²) in [5, 5.41) is 54.5. The minimum Gasteiger partial charge on any atom is -0.394 e. The van der Waals surface area contributed by atoms with Crippen LogP contribution in [0.2, 0.25) is 0 Å². The highest BCUT2D eigenvalue weighted by molar-refractivity contribution is 5.76. The van der Waals surface area contributed by atoms with E-state index in [9.17, 15) is 30.3 Å². The molecule has 0 radical (unpaired) electrons. The van der Waals surface area contributed by atoms with Crippen molar-refractivity contribution in [2.24, 2.45) is 0 Å². The molecule has 0 aliphatic carbocycles. The largest absolute Gasteiger partial charge is 0.394 e. The maximum absolute atomic E-state index is 13.1. The average molecular weight is 977 g/mol. The SMILES string of the molecule is CCCCCCC/C=C\C/C=C\CCCCCCCCCCCCCCCCCC(=O)NC(COC1OC(CO)C(O)C(O)C1O)C(O)/C=C/CCCCCCCCCCCCCCCCCCC. The van der Waals surface area contributed by atoms with Crippen LogP contribution in [0, 0.1) is 0 Å². The van der Waals surface area contributed by atoms with E-state index in [2.05, 4.69) is 43.5 Å². The van der Waals surface area contributed by atoms with Gasteiger partial charge in [0.2, 0.25) is 5.91 Å². The molecule has 0 aromatic rings. The quantitative estimate of drug-likeness (QED) is 0.0261. The molecule has 69 heavy (non-hydrogen) atoms. The minimum absolute atomic E-state index is 0.173. The lowest BCUT2D eigenvalue weighted by atomic mass is 9.99. The summed E-state index contributed by atoms with van der Waals surface area (Å²) in [6, 6.07) is -0.804. The zero-order chi connectivity index (χ0) is 50.1. The van der Waals surface area contributed by atoms with Crippen LogP contribution in [0.1, 0.15) is 284 Å². The van der Waals surface area contributed by atoms with Crippen LogP contribution in [-0.2, 0) is 14.3 Å². The summed E-state index contributed by atoms with van der Waals surface area (Å²) >= 11 is 0. The zero-order valence-corrected chi connectivity index (χ0v) is 45.1. The highest BCUT2D eigenvalue weighted by atomic mass is 16.7. The van der Waals surface area contributed by atoms with E-state index in [1.807, 2.05) is 6.08 Å². The summed E-state index contributed by atoms with van der Waals surface area (Å²) in [5.41, 5.74) is 0. The number of ether oxygens (including phenoxy) is 2. The van der Waals surface area contributed by atoms with Crippen molar-refractivity contribution in [3.63, 3.8) is 0 Å². The van der Waals surface area contributed by atoms with Gasteiger partial charge < -0.3 is 40.3 Å². The van der Waals surface area contributed by atoms with Crippen molar-refractivity contribution in [1.29, 1.82) is 0 Å². The first kappa shape index (κ1) is 65.4. The predicted octanol–water partition coefficient (Wildman–Crippen LogP) is 14.7. The van der Waals surface area contributed by atoms with E-state index < -0.39 is 49.5 Å². The summed E-state index contributed by atoms with van der Waals surface area (Å²) in [7, 11) is 0. The standard InChI is InChI=1S/C60H113NO8/c1-3-5-7-9-11-13-15-17-19-21-23-24-25-26-27-28-29-30-32-34-36-38-40-42-44-46-48-50-56(64)61-53(52-68-60-59(67)58(66)57(65)55(51-62)69-60)54(63)49-47-45-43-41-39-37-35-33-31-22-20-18-16-14-12-10-8-6-4-2/h15,17,21,23,47,49,53-55,57-60,62-63,65-67H,3-14,16,18-20,22,24-46,48,50-52H2,1-2H3,(H,61,64)/b17-15-,23-21-,49-47+. The van der Waals surface area contributed by atoms with Gasteiger partial charge in [-0.1, -0.05) is 262 Å². The maximum Gasteiger partial charge on any atom is 0.220 e. The monoisotopic (exact) mass is 976 g/mol. The number of aliphatic hydroxyl groups excluding tert-OH is 5. The fourth-order valence-corrected chi connectivity index (χ4v) is 9.48. The molecule has 1 saturated heterocycles. The van der Waals surface area contributed by atoms with Crippen LogP contribution in [0.5, 0.6) is 0 Å². The lowest BCUT2D eigenvalue weighted by Crippen LogP contribution is -2.60. The second-order valence-corrected chi connectivity index (χ2v) is 20.8. The molecule has 9 heteroatoms. The lowest BCUT2D eigenvalue weighted by molar-refractivity contribution is -0.302. The summed E-state index contributed by atoms with van der Waals surface area (Å²) < 4.78 is 11.3. The fourth-order valence-electron chi connectivity index (χ4n) is 9.48. The molecule has 1 fully saturated rings. The second-order valence-electron chi connectivity index (χ2n) is 20.8. The Morgan fingerprint density at radius 1 is 0.493 bits per heavy atom. The third-order valence-corrected chi connectivity index (χ3v) is 14.2. The van der Waals surface area contributed by atoms with Crippen molar-refractivity contribution in [1.82, 2.24) is 5.32 Å². The number of carbonyl (C=O) groups is 1. The topological polar surface area (TPSA) is 149 Å². The van der Waals surface area contributed by atoms with Crippen molar-refractivity contribution in [3.8, 4) is 0 Å². The predicted molar refractivity (Wildman–Crippen MR) is 290 cm³/mol. The van der Waals surface area contributed by atoms with Gasteiger partial charge in [0.25, 0.3) is 0 Å². The molecule has 1 aliphatic heterocycles. The summed E-state index contributed by atoms with van der Waals surface area (Å²) in [4.78, 5) is 13.1. The van der Waals surface area contributed by atoms with Crippen molar-refractivity contribution in [2.45, 2.75) is 326 Å². The van der Waals surface area contributed by atoms with Gasteiger partial charge in [-0.05, 0) is 51.4 Å². The van der Waals surface area contributed by atoms with Gasteiger partial charge in [-0.25, -0.2) is 0 Å².